The highest BCUT2D eigenvalue weighted by molar-refractivity contribution is 7.11. The van der Waals surface area contributed by atoms with E-state index in [1.807, 2.05) is 0 Å². The van der Waals surface area contributed by atoms with Crippen LogP contribution in [0.5, 0.6) is 0 Å². The van der Waals surface area contributed by atoms with E-state index in [4.69, 9.17) is 5.73 Å². The van der Waals surface area contributed by atoms with E-state index in [9.17, 15) is 0 Å². The summed E-state index contributed by atoms with van der Waals surface area (Å²) in [7, 11) is 0. The van der Waals surface area contributed by atoms with Gasteiger partial charge in [-0.05, 0) is 13.3 Å². The molecule has 0 saturated carbocycles. The molecule has 6 heteroatoms. The molecule has 0 aromatic carbocycles. The summed E-state index contributed by atoms with van der Waals surface area (Å²) < 4.78 is 0. The number of hydrogen-bond acceptors (Lipinski definition) is 4. The molecule has 0 fully saturated rings. The molecule has 0 aliphatic carbocycles. The molecule has 1 aromatic rings. The quantitative estimate of drug-likeness (QED) is 0.622. The maximum Gasteiger partial charge on any atom is 0.189 e. The van der Waals surface area contributed by atoms with E-state index in [0.717, 1.165) is 16.4 Å². The lowest BCUT2D eigenvalue weighted by Gasteiger charge is -2.11. The SMILES string of the molecule is CCC(C)NC(N)=NCc1nnc(C(C)C)s1. The summed E-state index contributed by atoms with van der Waals surface area (Å²) in [5, 5.41) is 13.3. The first kappa shape index (κ1) is 13.9. The zero-order chi connectivity index (χ0) is 12.8. The fraction of sp³-hybridized carbons (Fsp3) is 0.727. The van der Waals surface area contributed by atoms with Gasteiger partial charge in [-0.15, -0.1) is 10.2 Å². The number of hydrogen-bond donors (Lipinski definition) is 2. The van der Waals surface area contributed by atoms with Gasteiger partial charge in [0.1, 0.15) is 10.0 Å². The van der Waals surface area contributed by atoms with Crippen molar-refractivity contribution in [3.05, 3.63) is 10.0 Å². The van der Waals surface area contributed by atoms with Crippen LogP contribution in [0.3, 0.4) is 0 Å². The minimum Gasteiger partial charge on any atom is -0.370 e. The van der Waals surface area contributed by atoms with Crippen LogP contribution in [0.4, 0.5) is 0 Å². The molecule has 1 aromatic heterocycles. The summed E-state index contributed by atoms with van der Waals surface area (Å²) in [6.45, 7) is 8.88. The number of aliphatic imine (C=N–C) groups is 1. The average Bonchev–Trinajstić information content (AvgIpc) is 2.75. The molecule has 5 nitrogen and oxygen atoms in total. The second-order valence-corrected chi connectivity index (χ2v) is 5.44. The highest BCUT2D eigenvalue weighted by Crippen LogP contribution is 2.19. The van der Waals surface area contributed by atoms with Gasteiger partial charge in [0, 0.05) is 12.0 Å². The number of guanidine groups is 1. The maximum absolute atomic E-state index is 5.76. The van der Waals surface area contributed by atoms with E-state index < -0.39 is 0 Å². The normalized spacial score (nSPS) is 14.1. The van der Waals surface area contributed by atoms with Crippen molar-refractivity contribution in [2.75, 3.05) is 0 Å². The highest BCUT2D eigenvalue weighted by Gasteiger charge is 2.07. The molecule has 0 spiro atoms. The Balaban J connectivity index is 2.50. The van der Waals surface area contributed by atoms with Gasteiger partial charge in [0.2, 0.25) is 0 Å². The molecule has 0 bridgehead atoms. The molecule has 96 valence electrons. The summed E-state index contributed by atoms with van der Waals surface area (Å²) in [5.74, 6) is 0.890. The van der Waals surface area contributed by atoms with E-state index >= 15 is 0 Å². The molecule has 0 saturated heterocycles. The topological polar surface area (TPSA) is 76.2 Å². The van der Waals surface area contributed by atoms with Crippen molar-refractivity contribution in [1.82, 2.24) is 15.5 Å². The second kappa shape index (κ2) is 6.54. The minimum absolute atomic E-state index is 0.347. The van der Waals surface area contributed by atoms with Crippen LogP contribution in [0.25, 0.3) is 0 Å². The van der Waals surface area contributed by atoms with Gasteiger partial charge >= 0.3 is 0 Å². The zero-order valence-corrected chi connectivity index (χ0v) is 11.7. The van der Waals surface area contributed by atoms with Gasteiger partial charge in [0.15, 0.2) is 5.96 Å². The fourth-order valence-corrected chi connectivity index (χ4v) is 1.89. The molecule has 1 rings (SSSR count). The van der Waals surface area contributed by atoms with Crippen LogP contribution in [0.1, 0.15) is 50.0 Å². The average molecular weight is 255 g/mol. The number of rotatable bonds is 5. The van der Waals surface area contributed by atoms with E-state index in [0.29, 0.717) is 24.5 Å². The third-order valence-corrected chi connectivity index (χ3v) is 3.58. The number of nitrogens with two attached hydrogens (primary N) is 1. The van der Waals surface area contributed by atoms with Crippen LogP contribution in [-0.2, 0) is 6.54 Å². The fourth-order valence-electron chi connectivity index (χ4n) is 1.12. The number of nitrogens with one attached hydrogen (secondary N) is 1. The maximum atomic E-state index is 5.76. The van der Waals surface area contributed by atoms with Crippen LogP contribution >= 0.6 is 11.3 Å². The predicted molar refractivity (Wildman–Crippen MR) is 72.2 cm³/mol. The van der Waals surface area contributed by atoms with Crippen molar-refractivity contribution in [3.8, 4) is 0 Å². The molecule has 17 heavy (non-hydrogen) atoms. The first-order valence-electron chi connectivity index (χ1n) is 5.91. The number of nitrogens with zero attached hydrogens (tertiary/aromatic N) is 3. The summed E-state index contributed by atoms with van der Waals surface area (Å²) in [4.78, 5) is 4.25. The Morgan fingerprint density at radius 3 is 2.65 bits per heavy atom. The predicted octanol–water partition coefficient (Wildman–Crippen LogP) is 1.86. The van der Waals surface area contributed by atoms with Crippen molar-refractivity contribution in [2.45, 2.75) is 52.6 Å². The zero-order valence-electron chi connectivity index (χ0n) is 10.9. The first-order chi connectivity index (χ1) is 8.02. The molecule has 1 atom stereocenters. The van der Waals surface area contributed by atoms with E-state index in [1.54, 1.807) is 11.3 Å². The molecule has 0 aliphatic rings. The van der Waals surface area contributed by atoms with Gasteiger partial charge in [-0.25, -0.2) is 4.99 Å². The van der Waals surface area contributed by atoms with Crippen molar-refractivity contribution in [2.24, 2.45) is 10.7 Å². The van der Waals surface area contributed by atoms with E-state index in [1.165, 1.54) is 0 Å². The first-order valence-corrected chi connectivity index (χ1v) is 6.73. The minimum atomic E-state index is 0.347. The van der Waals surface area contributed by atoms with Gasteiger partial charge in [0.05, 0.1) is 6.54 Å². The molecule has 0 radical (unpaired) electrons. The molecule has 0 aliphatic heterocycles. The third-order valence-electron chi connectivity index (χ3n) is 2.37. The lowest BCUT2D eigenvalue weighted by atomic mass is 10.2. The van der Waals surface area contributed by atoms with Crippen molar-refractivity contribution >= 4 is 17.3 Å². The Labute approximate surface area is 107 Å². The van der Waals surface area contributed by atoms with Crippen LogP contribution in [0, 0.1) is 0 Å². The molecular weight excluding hydrogens is 234 g/mol. The van der Waals surface area contributed by atoms with Crippen LogP contribution in [0.15, 0.2) is 4.99 Å². The Bertz CT molecular complexity index is 372. The van der Waals surface area contributed by atoms with Crippen molar-refractivity contribution in [3.63, 3.8) is 0 Å². The largest absolute Gasteiger partial charge is 0.370 e. The Morgan fingerprint density at radius 1 is 1.41 bits per heavy atom. The van der Waals surface area contributed by atoms with E-state index in [-0.39, 0.29) is 0 Å². The summed E-state index contributed by atoms with van der Waals surface area (Å²) in [5.41, 5.74) is 5.76. The van der Waals surface area contributed by atoms with Crippen LogP contribution in [-0.4, -0.2) is 22.2 Å². The summed E-state index contributed by atoms with van der Waals surface area (Å²) in [6.07, 6.45) is 1.02. The van der Waals surface area contributed by atoms with Crippen LogP contribution in [0.2, 0.25) is 0 Å². The molecule has 1 heterocycles. The third kappa shape index (κ3) is 4.68. The Hall–Kier alpha value is -1.17. The molecular formula is C11H21N5S. The van der Waals surface area contributed by atoms with Gasteiger partial charge < -0.3 is 11.1 Å². The monoisotopic (exact) mass is 255 g/mol. The van der Waals surface area contributed by atoms with Crippen molar-refractivity contribution < 1.29 is 0 Å². The standard InChI is InChI=1S/C11H21N5S/c1-5-8(4)14-11(12)13-6-9-15-16-10(17-9)7(2)3/h7-8H,5-6H2,1-4H3,(H3,12,13,14). The smallest absolute Gasteiger partial charge is 0.189 e. The highest BCUT2D eigenvalue weighted by atomic mass is 32.1. The molecule has 0 amide bonds. The lowest BCUT2D eigenvalue weighted by molar-refractivity contribution is 0.636. The summed E-state index contributed by atoms with van der Waals surface area (Å²) in [6, 6.07) is 0.347. The Kier molecular flexibility index (Phi) is 5.34. The Morgan fingerprint density at radius 2 is 2.12 bits per heavy atom. The van der Waals surface area contributed by atoms with Gasteiger partial charge in [-0.1, -0.05) is 32.1 Å². The number of aromatic nitrogens is 2. The lowest BCUT2D eigenvalue weighted by Crippen LogP contribution is -2.38. The van der Waals surface area contributed by atoms with Gasteiger partial charge in [-0.2, -0.15) is 0 Å². The summed E-state index contributed by atoms with van der Waals surface area (Å²) >= 11 is 1.59. The molecule has 3 N–H and O–H groups in total. The van der Waals surface area contributed by atoms with Crippen molar-refractivity contribution in [1.29, 1.82) is 0 Å². The van der Waals surface area contributed by atoms with Crippen LogP contribution < -0.4 is 11.1 Å². The molecule has 1 unspecified atom stereocenters. The van der Waals surface area contributed by atoms with Gasteiger partial charge in [-0.3, -0.25) is 0 Å². The van der Waals surface area contributed by atoms with Gasteiger partial charge in [0.25, 0.3) is 0 Å². The second-order valence-electron chi connectivity index (χ2n) is 4.34. The van der Waals surface area contributed by atoms with E-state index in [2.05, 4.69) is 48.2 Å².